The van der Waals surface area contributed by atoms with Crippen molar-refractivity contribution in [3.8, 4) is 0 Å². The number of H-pyrrole nitrogens is 1. The minimum absolute atomic E-state index is 0.0753. The van der Waals surface area contributed by atoms with E-state index in [1.807, 2.05) is 11.6 Å². The first-order chi connectivity index (χ1) is 11.6. The summed E-state index contributed by atoms with van der Waals surface area (Å²) in [4.78, 5) is 17.3. The van der Waals surface area contributed by atoms with E-state index in [0.717, 1.165) is 29.3 Å². The molecule has 126 valence electrons. The van der Waals surface area contributed by atoms with E-state index in [4.69, 9.17) is 0 Å². The van der Waals surface area contributed by atoms with Gasteiger partial charge in [0.2, 0.25) is 0 Å². The molecule has 0 amide bonds. The number of rotatable bonds is 2. The highest BCUT2D eigenvalue weighted by Crippen LogP contribution is 2.45. The van der Waals surface area contributed by atoms with Crippen molar-refractivity contribution in [3.63, 3.8) is 0 Å². The maximum atomic E-state index is 13.3. The molecule has 1 N–H and O–H groups in total. The number of aromatic nitrogens is 2. The van der Waals surface area contributed by atoms with Crippen LogP contribution in [0.15, 0.2) is 34.1 Å². The fourth-order valence-corrected chi connectivity index (χ4v) is 4.79. The van der Waals surface area contributed by atoms with Crippen molar-refractivity contribution < 1.29 is 4.39 Å². The summed E-state index contributed by atoms with van der Waals surface area (Å²) < 4.78 is 15.2. The van der Waals surface area contributed by atoms with Crippen molar-refractivity contribution in [2.45, 2.75) is 50.3 Å². The van der Waals surface area contributed by atoms with Gasteiger partial charge >= 0.3 is 0 Å². The number of thioether (sulfide) groups is 1. The van der Waals surface area contributed by atoms with Crippen molar-refractivity contribution in [2.75, 3.05) is 0 Å². The zero-order chi connectivity index (χ0) is 16.7. The summed E-state index contributed by atoms with van der Waals surface area (Å²) in [5.74, 6) is 0.497. The van der Waals surface area contributed by atoms with Crippen molar-refractivity contribution in [1.82, 2.24) is 9.78 Å². The molecule has 0 radical (unpaired) electrons. The second kappa shape index (κ2) is 6.24. The monoisotopic (exact) mass is 345 g/mol. The Balaban J connectivity index is 1.80. The Labute approximate surface area is 144 Å². The SMILES string of the molecule is CC1=Nc2c(c(=O)[nH]n2C2CCCCC2)[C@H](c2ccc(F)cc2)S1. The normalized spacial score (nSPS) is 21.4. The van der Waals surface area contributed by atoms with E-state index < -0.39 is 0 Å². The molecule has 2 aromatic rings. The first kappa shape index (κ1) is 15.7. The van der Waals surface area contributed by atoms with E-state index in [1.165, 1.54) is 31.4 Å². The number of nitrogens with zero attached hydrogens (tertiary/aromatic N) is 2. The molecule has 0 bridgehead atoms. The van der Waals surface area contributed by atoms with Crippen LogP contribution >= 0.6 is 11.8 Å². The van der Waals surface area contributed by atoms with Crippen molar-refractivity contribution >= 4 is 22.6 Å². The molecule has 6 heteroatoms. The van der Waals surface area contributed by atoms with Gasteiger partial charge in [0, 0.05) is 0 Å². The average molecular weight is 345 g/mol. The summed E-state index contributed by atoms with van der Waals surface area (Å²) in [5, 5.41) is 3.82. The van der Waals surface area contributed by atoms with Crippen LogP contribution in [0.1, 0.15) is 61.4 Å². The molecule has 0 unspecified atom stereocenters. The highest BCUT2D eigenvalue weighted by atomic mass is 32.2. The third kappa shape index (κ3) is 2.73. The molecule has 0 saturated heterocycles. The third-order valence-corrected chi connectivity index (χ3v) is 6.04. The van der Waals surface area contributed by atoms with Crippen LogP contribution in [-0.4, -0.2) is 14.8 Å². The summed E-state index contributed by atoms with van der Waals surface area (Å²) in [6.07, 6.45) is 5.82. The van der Waals surface area contributed by atoms with Crippen LogP contribution in [0.25, 0.3) is 0 Å². The van der Waals surface area contributed by atoms with Gasteiger partial charge in [0.25, 0.3) is 5.56 Å². The maximum absolute atomic E-state index is 13.3. The zero-order valence-electron chi connectivity index (χ0n) is 13.6. The average Bonchev–Trinajstić information content (AvgIpc) is 2.92. The zero-order valence-corrected chi connectivity index (χ0v) is 14.4. The summed E-state index contributed by atoms with van der Waals surface area (Å²) in [7, 11) is 0. The van der Waals surface area contributed by atoms with Crippen molar-refractivity contribution in [1.29, 1.82) is 0 Å². The summed E-state index contributed by atoms with van der Waals surface area (Å²) in [5.41, 5.74) is 1.56. The van der Waals surface area contributed by atoms with Gasteiger partial charge in [0.15, 0.2) is 5.82 Å². The van der Waals surface area contributed by atoms with Crippen LogP contribution in [0.4, 0.5) is 10.2 Å². The number of halogens is 1. The molecule has 24 heavy (non-hydrogen) atoms. The molecular weight excluding hydrogens is 325 g/mol. The number of benzene rings is 1. The molecule has 4 rings (SSSR count). The lowest BCUT2D eigenvalue weighted by atomic mass is 9.95. The molecule has 1 aromatic heterocycles. The second-order valence-corrected chi connectivity index (χ2v) is 7.82. The molecule has 1 aliphatic heterocycles. The fourth-order valence-electron chi connectivity index (χ4n) is 3.69. The van der Waals surface area contributed by atoms with Crippen LogP contribution in [-0.2, 0) is 0 Å². The first-order valence-corrected chi connectivity index (χ1v) is 9.33. The first-order valence-electron chi connectivity index (χ1n) is 8.45. The van der Waals surface area contributed by atoms with Gasteiger partial charge in [-0.15, -0.1) is 0 Å². The highest BCUT2D eigenvalue weighted by molar-refractivity contribution is 8.14. The van der Waals surface area contributed by atoms with E-state index in [1.54, 1.807) is 23.9 Å². The minimum atomic E-state index is -0.265. The maximum Gasteiger partial charge on any atom is 0.271 e. The van der Waals surface area contributed by atoms with Crippen LogP contribution in [0, 0.1) is 5.82 Å². The number of hydrogen-bond donors (Lipinski definition) is 1. The van der Waals surface area contributed by atoms with Gasteiger partial charge < -0.3 is 0 Å². The molecule has 2 aliphatic rings. The van der Waals surface area contributed by atoms with Gasteiger partial charge in [-0.05, 0) is 37.5 Å². The standard InChI is InChI=1S/C18H20FN3OS/c1-11-20-17-15(16(24-11)12-7-9-13(19)10-8-12)18(23)21-22(17)14-5-3-2-4-6-14/h7-10,14,16H,2-6H2,1H3,(H,21,23)/t16-/m0/s1. The van der Waals surface area contributed by atoms with E-state index in [-0.39, 0.29) is 16.6 Å². The van der Waals surface area contributed by atoms with E-state index in [2.05, 4.69) is 10.1 Å². The van der Waals surface area contributed by atoms with Crippen molar-refractivity contribution in [3.05, 3.63) is 51.6 Å². The van der Waals surface area contributed by atoms with Gasteiger partial charge in [0.05, 0.1) is 21.9 Å². The number of nitrogens with one attached hydrogen (secondary N) is 1. The number of aliphatic imine (C=N–C) groups is 1. The lowest BCUT2D eigenvalue weighted by molar-refractivity contribution is 0.331. The largest absolute Gasteiger partial charge is 0.271 e. The molecule has 1 atom stereocenters. The molecular formula is C18H20FN3OS. The lowest BCUT2D eigenvalue weighted by Gasteiger charge is -2.26. The van der Waals surface area contributed by atoms with E-state index in [9.17, 15) is 9.18 Å². The smallest absolute Gasteiger partial charge is 0.268 e. The Morgan fingerprint density at radius 2 is 1.92 bits per heavy atom. The number of hydrogen-bond acceptors (Lipinski definition) is 3. The Bertz CT molecular complexity index is 831. The van der Waals surface area contributed by atoms with E-state index in [0.29, 0.717) is 11.6 Å². The molecule has 1 aromatic carbocycles. The molecule has 4 nitrogen and oxygen atoms in total. The third-order valence-electron chi connectivity index (χ3n) is 4.86. The van der Waals surface area contributed by atoms with Gasteiger partial charge in [-0.1, -0.05) is 43.2 Å². The molecule has 2 heterocycles. The second-order valence-electron chi connectivity index (χ2n) is 6.52. The lowest BCUT2D eigenvalue weighted by Crippen LogP contribution is -2.16. The van der Waals surface area contributed by atoms with Crippen LogP contribution < -0.4 is 5.56 Å². The van der Waals surface area contributed by atoms with Crippen LogP contribution in [0.3, 0.4) is 0 Å². The predicted molar refractivity (Wildman–Crippen MR) is 95.8 cm³/mol. The Hall–Kier alpha value is -1.82. The van der Waals surface area contributed by atoms with E-state index >= 15 is 0 Å². The van der Waals surface area contributed by atoms with Crippen LogP contribution in [0.2, 0.25) is 0 Å². The Kier molecular flexibility index (Phi) is 4.08. The summed E-state index contributed by atoms with van der Waals surface area (Å²) in [6, 6.07) is 6.73. The Morgan fingerprint density at radius 3 is 2.62 bits per heavy atom. The van der Waals surface area contributed by atoms with Crippen LogP contribution in [0.5, 0.6) is 0 Å². The predicted octanol–water partition coefficient (Wildman–Crippen LogP) is 4.71. The molecule has 1 aliphatic carbocycles. The highest BCUT2D eigenvalue weighted by Gasteiger charge is 2.32. The summed E-state index contributed by atoms with van der Waals surface area (Å²) >= 11 is 1.56. The van der Waals surface area contributed by atoms with Gasteiger partial charge in [-0.25, -0.2) is 9.38 Å². The Morgan fingerprint density at radius 1 is 1.21 bits per heavy atom. The topological polar surface area (TPSA) is 50.1 Å². The fraction of sp³-hybridized carbons (Fsp3) is 0.444. The number of fused-ring (bicyclic) bond motifs is 1. The quantitative estimate of drug-likeness (QED) is 0.857. The van der Waals surface area contributed by atoms with Gasteiger partial charge in [-0.2, -0.15) is 0 Å². The number of aromatic amines is 1. The molecule has 1 saturated carbocycles. The van der Waals surface area contributed by atoms with Gasteiger partial charge in [0.1, 0.15) is 5.82 Å². The molecule has 0 spiro atoms. The van der Waals surface area contributed by atoms with Crippen molar-refractivity contribution in [2.24, 2.45) is 4.99 Å². The summed E-state index contributed by atoms with van der Waals surface area (Å²) in [6.45, 7) is 1.97. The minimum Gasteiger partial charge on any atom is -0.268 e. The van der Waals surface area contributed by atoms with Gasteiger partial charge in [-0.3, -0.25) is 14.6 Å². The molecule has 1 fully saturated rings.